The minimum absolute atomic E-state index is 0.0569. The van der Waals surface area contributed by atoms with Crippen LogP contribution in [0.1, 0.15) is 41.9 Å². The second-order valence-corrected chi connectivity index (χ2v) is 11.4. The Balaban J connectivity index is 1.28. The van der Waals surface area contributed by atoms with Crippen LogP contribution in [0.25, 0.3) is 11.1 Å². The largest absolute Gasteiger partial charge is 0.479 e. The number of aliphatic carboxylic acids is 1. The summed E-state index contributed by atoms with van der Waals surface area (Å²) < 4.78 is 31.4. The lowest BCUT2D eigenvalue weighted by Crippen LogP contribution is -2.54. The Labute approximate surface area is 216 Å². The molecule has 194 valence electrons. The third-order valence-corrected chi connectivity index (χ3v) is 8.99. The lowest BCUT2D eigenvalue weighted by molar-refractivity contribution is -0.140. The summed E-state index contributed by atoms with van der Waals surface area (Å²) in [5.74, 6) is -1.67. The van der Waals surface area contributed by atoms with Crippen LogP contribution in [0.4, 0.5) is 4.79 Å². The minimum atomic E-state index is -4.32. The van der Waals surface area contributed by atoms with Crippen LogP contribution in [-0.2, 0) is 19.4 Å². The highest BCUT2D eigenvalue weighted by molar-refractivity contribution is 7.93. The number of sulfone groups is 1. The van der Waals surface area contributed by atoms with Gasteiger partial charge >= 0.3 is 12.1 Å². The van der Waals surface area contributed by atoms with E-state index in [4.69, 9.17) is 10.5 Å². The first-order valence-electron chi connectivity index (χ1n) is 12.1. The fraction of sp³-hybridized carbons (Fsp3) is 0.286. The van der Waals surface area contributed by atoms with Gasteiger partial charge in [-0.3, -0.25) is 0 Å². The van der Waals surface area contributed by atoms with Crippen molar-refractivity contribution < 1.29 is 27.9 Å². The van der Waals surface area contributed by atoms with Crippen LogP contribution in [0.3, 0.4) is 0 Å². The molecule has 1 aliphatic carbocycles. The van der Waals surface area contributed by atoms with Crippen LogP contribution >= 0.6 is 0 Å². The van der Waals surface area contributed by atoms with Crippen molar-refractivity contribution in [1.29, 1.82) is 0 Å². The molecule has 1 amide bonds. The summed E-state index contributed by atoms with van der Waals surface area (Å²) in [7, 11) is -4.32. The molecular weight excluding hydrogens is 492 g/mol. The van der Waals surface area contributed by atoms with E-state index in [0.29, 0.717) is 6.42 Å². The number of unbranched alkanes of at least 4 members (excludes halogenated alkanes) is 1. The van der Waals surface area contributed by atoms with Crippen LogP contribution in [0, 0.1) is 6.92 Å². The Morgan fingerprint density at radius 2 is 1.51 bits per heavy atom. The maximum Gasteiger partial charge on any atom is 0.407 e. The van der Waals surface area contributed by atoms with Gasteiger partial charge in [0.2, 0.25) is 14.7 Å². The highest BCUT2D eigenvalue weighted by Crippen LogP contribution is 2.44. The number of aryl methyl sites for hydroxylation is 1. The summed E-state index contributed by atoms with van der Waals surface area (Å²) in [6.07, 6.45) is -0.381. The second kappa shape index (κ2) is 10.7. The lowest BCUT2D eigenvalue weighted by atomic mass is 9.98. The predicted molar refractivity (Wildman–Crippen MR) is 140 cm³/mol. The fourth-order valence-electron chi connectivity index (χ4n) is 4.64. The molecule has 37 heavy (non-hydrogen) atoms. The molecule has 4 rings (SSSR count). The first-order chi connectivity index (χ1) is 17.6. The summed E-state index contributed by atoms with van der Waals surface area (Å²) >= 11 is 0. The second-order valence-electron chi connectivity index (χ2n) is 9.22. The van der Waals surface area contributed by atoms with Gasteiger partial charge in [-0.05, 0) is 60.6 Å². The molecule has 0 saturated heterocycles. The number of ether oxygens (including phenoxy) is 1. The van der Waals surface area contributed by atoms with E-state index < -0.39 is 26.8 Å². The Kier molecular flexibility index (Phi) is 7.65. The number of benzene rings is 3. The summed E-state index contributed by atoms with van der Waals surface area (Å²) in [5, 5.41) is 12.3. The van der Waals surface area contributed by atoms with Gasteiger partial charge in [-0.25, -0.2) is 18.0 Å². The molecule has 0 aliphatic heterocycles. The first kappa shape index (κ1) is 26.4. The van der Waals surface area contributed by atoms with Crippen molar-refractivity contribution in [1.82, 2.24) is 5.32 Å². The van der Waals surface area contributed by atoms with Gasteiger partial charge < -0.3 is 20.9 Å². The molecular formula is C28H30N2O6S. The number of carbonyl (C=O) groups is 2. The molecule has 4 N–H and O–H groups in total. The van der Waals surface area contributed by atoms with E-state index >= 15 is 0 Å². The van der Waals surface area contributed by atoms with E-state index in [-0.39, 0.29) is 36.8 Å². The van der Waals surface area contributed by atoms with Gasteiger partial charge in [0.25, 0.3) is 0 Å². The molecule has 0 heterocycles. The molecule has 3 aromatic rings. The van der Waals surface area contributed by atoms with Crippen molar-refractivity contribution in [3.63, 3.8) is 0 Å². The van der Waals surface area contributed by atoms with E-state index in [1.165, 1.54) is 12.1 Å². The number of fused-ring (bicyclic) bond motifs is 3. The molecule has 0 fully saturated rings. The van der Waals surface area contributed by atoms with Gasteiger partial charge in [-0.2, -0.15) is 0 Å². The van der Waals surface area contributed by atoms with Crippen molar-refractivity contribution in [3.8, 4) is 11.1 Å². The normalized spacial score (nSPS) is 14.3. The number of nitrogens with one attached hydrogen (secondary N) is 1. The highest BCUT2D eigenvalue weighted by atomic mass is 32.2. The molecule has 0 saturated carbocycles. The van der Waals surface area contributed by atoms with Crippen LogP contribution in [0.15, 0.2) is 77.7 Å². The van der Waals surface area contributed by atoms with E-state index in [1.54, 1.807) is 19.1 Å². The zero-order valence-corrected chi connectivity index (χ0v) is 21.3. The summed E-state index contributed by atoms with van der Waals surface area (Å²) in [6.45, 7) is 2.17. The molecule has 8 nitrogen and oxygen atoms in total. The number of carboxylic acid groups (broad SMARTS) is 1. The van der Waals surface area contributed by atoms with Gasteiger partial charge in [0, 0.05) is 12.5 Å². The van der Waals surface area contributed by atoms with Crippen LogP contribution in [0.5, 0.6) is 0 Å². The highest BCUT2D eigenvalue weighted by Gasteiger charge is 2.47. The summed E-state index contributed by atoms with van der Waals surface area (Å²) in [4.78, 5) is 21.6. The predicted octanol–water partition coefficient (Wildman–Crippen LogP) is 4.22. The molecule has 0 spiro atoms. The van der Waals surface area contributed by atoms with Gasteiger partial charge in [0.1, 0.15) is 6.61 Å². The number of carbonyl (C=O) groups excluding carboxylic acids is 1. The zero-order valence-electron chi connectivity index (χ0n) is 20.5. The van der Waals surface area contributed by atoms with Crippen molar-refractivity contribution in [2.75, 3.05) is 13.2 Å². The number of alkyl carbamates (subject to hydrolysis) is 1. The SMILES string of the molecule is Cc1ccc(S(=O)(=O)[C@](N)(CCCCNC(=O)OCC2c3ccccc3-c3ccccc32)C(=O)O)cc1. The van der Waals surface area contributed by atoms with E-state index in [2.05, 4.69) is 17.4 Å². The number of hydrogen-bond donors (Lipinski definition) is 3. The maximum absolute atomic E-state index is 13.0. The standard InChI is InChI=1S/C28H30N2O6S/c1-19-12-14-20(15-13-19)37(34,35)28(29,26(31)32)16-6-7-17-30-27(33)36-18-25-23-10-4-2-8-21(23)22-9-3-5-11-24(22)25/h2-5,8-15,25H,6-7,16-18,29H2,1H3,(H,30,33)(H,31,32)/t28-/m1/s1. The summed E-state index contributed by atoms with van der Waals surface area (Å²) in [5.41, 5.74) is 11.3. The maximum atomic E-state index is 13.0. The zero-order chi connectivity index (χ0) is 26.6. The molecule has 0 unspecified atom stereocenters. The van der Waals surface area contributed by atoms with Gasteiger partial charge in [0.05, 0.1) is 4.90 Å². The van der Waals surface area contributed by atoms with Gasteiger partial charge in [-0.15, -0.1) is 0 Å². The molecule has 0 aromatic heterocycles. The van der Waals surface area contributed by atoms with Crippen molar-refractivity contribution in [3.05, 3.63) is 89.5 Å². The van der Waals surface area contributed by atoms with E-state index in [9.17, 15) is 23.1 Å². The Hall–Kier alpha value is -3.69. The molecule has 9 heteroatoms. The van der Waals surface area contributed by atoms with Gasteiger partial charge in [-0.1, -0.05) is 66.2 Å². The smallest absolute Gasteiger partial charge is 0.407 e. The Morgan fingerprint density at radius 3 is 2.08 bits per heavy atom. The molecule has 0 bridgehead atoms. The molecule has 0 radical (unpaired) electrons. The van der Waals surface area contributed by atoms with Crippen LogP contribution in [-0.4, -0.2) is 43.6 Å². The average Bonchev–Trinajstić information content (AvgIpc) is 3.21. The Morgan fingerprint density at radius 1 is 0.946 bits per heavy atom. The minimum Gasteiger partial charge on any atom is -0.479 e. The third kappa shape index (κ3) is 5.23. The van der Waals surface area contributed by atoms with Crippen molar-refractivity contribution in [2.24, 2.45) is 5.73 Å². The number of amides is 1. The van der Waals surface area contributed by atoms with Gasteiger partial charge in [0.15, 0.2) is 0 Å². The first-order valence-corrected chi connectivity index (χ1v) is 13.6. The number of carboxylic acids is 1. The van der Waals surface area contributed by atoms with E-state index in [0.717, 1.165) is 27.8 Å². The average molecular weight is 523 g/mol. The number of hydrogen-bond acceptors (Lipinski definition) is 6. The topological polar surface area (TPSA) is 136 Å². The number of nitrogens with two attached hydrogens (primary N) is 1. The molecule has 3 aromatic carbocycles. The quantitative estimate of drug-likeness (QED) is 0.339. The van der Waals surface area contributed by atoms with Crippen molar-refractivity contribution >= 4 is 21.9 Å². The van der Waals surface area contributed by atoms with Crippen LogP contribution in [0.2, 0.25) is 0 Å². The number of rotatable bonds is 10. The Bertz CT molecular complexity index is 1360. The lowest BCUT2D eigenvalue weighted by Gasteiger charge is -2.25. The monoisotopic (exact) mass is 522 g/mol. The fourth-order valence-corrected chi connectivity index (χ4v) is 6.19. The molecule has 1 aliphatic rings. The van der Waals surface area contributed by atoms with Crippen LogP contribution < -0.4 is 11.1 Å². The van der Waals surface area contributed by atoms with Crippen molar-refractivity contribution in [2.45, 2.75) is 41.9 Å². The molecule has 1 atom stereocenters. The van der Waals surface area contributed by atoms with E-state index in [1.807, 2.05) is 36.4 Å². The summed E-state index contributed by atoms with van der Waals surface area (Å²) in [6, 6.07) is 22.0. The third-order valence-electron chi connectivity index (χ3n) is 6.76.